The zero-order valence-electron chi connectivity index (χ0n) is 7.15. The van der Waals surface area contributed by atoms with Crippen molar-refractivity contribution in [2.75, 3.05) is 5.32 Å². The molecule has 1 N–H and O–H groups in total. The summed E-state index contributed by atoms with van der Waals surface area (Å²) in [4.78, 5) is 0. The van der Waals surface area contributed by atoms with Gasteiger partial charge in [-0.25, -0.2) is 0 Å². The van der Waals surface area contributed by atoms with Crippen molar-refractivity contribution in [3.63, 3.8) is 0 Å². The molecule has 13 heavy (non-hydrogen) atoms. The van der Waals surface area contributed by atoms with Crippen molar-refractivity contribution in [2.24, 2.45) is 0 Å². The Labute approximate surface area is 79.8 Å². The highest BCUT2D eigenvalue weighted by atomic mass is 32.1. The third-order valence-electron chi connectivity index (χ3n) is 1.78. The van der Waals surface area contributed by atoms with Crippen molar-refractivity contribution in [3.8, 4) is 0 Å². The maximum Gasteiger partial charge on any atom is 0.130 e. The van der Waals surface area contributed by atoms with Crippen LogP contribution in [0.4, 0.5) is 5.00 Å². The number of nitrogens with zero attached hydrogens (tertiary/aromatic N) is 2. The minimum atomic E-state index is 0.756. The van der Waals surface area contributed by atoms with E-state index >= 15 is 0 Å². The standard InChI is InChI=1S/C8H9N3OS/c1-6-7(2-3-12-6)4-9-8-5-10-11-13-8/h2-3,5,9H,4H2,1H3. The van der Waals surface area contributed by atoms with Crippen LogP contribution in [0.5, 0.6) is 0 Å². The lowest BCUT2D eigenvalue weighted by Crippen LogP contribution is -1.97. The van der Waals surface area contributed by atoms with Crippen LogP contribution in [0.3, 0.4) is 0 Å². The van der Waals surface area contributed by atoms with Crippen LogP contribution in [-0.4, -0.2) is 9.59 Å². The van der Waals surface area contributed by atoms with Crippen LogP contribution in [0.1, 0.15) is 11.3 Å². The van der Waals surface area contributed by atoms with Gasteiger partial charge in [0.2, 0.25) is 0 Å². The Morgan fingerprint density at radius 3 is 3.15 bits per heavy atom. The Hall–Kier alpha value is -1.36. The molecule has 0 radical (unpaired) electrons. The fourth-order valence-electron chi connectivity index (χ4n) is 1.02. The molecule has 0 aliphatic carbocycles. The molecular formula is C8H9N3OS. The smallest absolute Gasteiger partial charge is 0.130 e. The van der Waals surface area contributed by atoms with Crippen LogP contribution >= 0.6 is 11.5 Å². The molecule has 0 unspecified atom stereocenters. The van der Waals surface area contributed by atoms with E-state index in [0.717, 1.165) is 22.9 Å². The summed E-state index contributed by atoms with van der Waals surface area (Å²) in [7, 11) is 0. The molecule has 68 valence electrons. The largest absolute Gasteiger partial charge is 0.469 e. The average Bonchev–Trinajstić information content (AvgIpc) is 2.72. The minimum absolute atomic E-state index is 0.756. The highest BCUT2D eigenvalue weighted by Gasteiger charge is 2.01. The zero-order chi connectivity index (χ0) is 9.10. The summed E-state index contributed by atoms with van der Waals surface area (Å²) in [5.74, 6) is 0.949. The fraction of sp³-hybridized carbons (Fsp3) is 0.250. The van der Waals surface area contributed by atoms with E-state index in [1.165, 1.54) is 11.5 Å². The Bertz CT molecular complexity index is 368. The van der Waals surface area contributed by atoms with Gasteiger partial charge in [0, 0.05) is 23.6 Å². The molecular weight excluding hydrogens is 186 g/mol. The van der Waals surface area contributed by atoms with Crippen molar-refractivity contribution >= 4 is 16.5 Å². The maximum absolute atomic E-state index is 5.17. The van der Waals surface area contributed by atoms with Crippen LogP contribution in [0, 0.1) is 6.92 Å². The summed E-state index contributed by atoms with van der Waals surface area (Å²) in [6.07, 6.45) is 3.40. The summed E-state index contributed by atoms with van der Waals surface area (Å²) in [6.45, 7) is 2.70. The topological polar surface area (TPSA) is 51.0 Å². The van der Waals surface area contributed by atoms with E-state index in [1.807, 2.05) is 13.0 Å². The first kappa shape index (κ1) is 8.25. The van der Waals surface area contributed by atoms with E-state index in [0.29, 0.717) is 0 Å². The molecule has 0 atom stereocenters. The second-order valence-corrected chi connectivity index (χ2v) is 3.42. The Morgan fingerprint density at radius 2 is 2.54 bits per heavy atom. The Balaban J connectivity index is 1.97. The highest BCUT2D eigenvalue weighted by molar-refractivity contribution is 7.09. The molecule has 0 saturated heterocycles. The number of furan rings is 1. The van der Waals surface area contributed by atoms with Gasteiger partial charge in [0.25, 0.3) is 0 Å². The van der Waals surface area contributed by atoms with Crippen molar-refractivity contribution in [1.29, 1.82) is 0 Å². The van der Waals surface area contributed by atoms with Crippen molar-refractivity contribution < 1.29 is 4.42 Å². The van der Waals surface area contributed by atoms with Gasteiger partial charge in [0.1, 0.15) is 10.8 Å². The number of hydrogen-bond donors (Lipinski definition) is 1. The van der Waals surface area contributed by atoms with E-state index in [1.54, 1.807) is 12.5 Å². The van der Waals surface area contributed by atoms with Gasteiger partial charge in [-0.3, -0.25) is 0 Å². The van der Waals surface area contributed by atoms with Gasteiger partial charge >= 0.3 is 0 Å². The minimum Gasteiger partial charge on any atom is -0.469 e. The van der Waals surface area contributed by atoms with Crippen LogP contribution in [0.25, 0.3) is 0 Å². The lowest BCUT2D eigenvalue weighted by Gasteiger charge is -1.99. The fourth-order valence-corrected chi connectivity index (χ4v) is 1.44. The van der Waals surface area contributed by atoms with Crippen LogP contribution < -0.4 is 5.32 Å². The normalized spacial score (nSPS) is 10.2. The summed E-state index contributed by atoms with van der Waals surface area (Å²) in [6, 6.07) is 1.96. The number of anilines is 1. The van der Waals surface area contributed by atoms with Crippen LogP contribution in [-0.2, 0) is 6.54 Å². The first-order valence-electron chi connectivity index (χ1n) is 3.90. The van der Waals surface area contributed by atoms with Crippen molar-refractivity contribution in [2.45, 2.75) is 13.5 Å². The van der Waals surface area contributed by atoms with Gasteiger partial charge in [-0.1, -0.05) is 4.49 Å². The molecule has 0 saturated carbocycles. The maximum atomic E-state index is 5.17. The van der Waals surface area contributed by atoms with Crippen LogP contribution in [0.15, 0.2) is 22.9 Å². The van der Waals surface area contributed by atoms with E-state index in [2.05, 4.69) is 14.9 Å². The number of aromatic nitrogens is 2. The lowest BCUT2D eigenvalue weighted by molar-refractivity contribution is 0.530. The van der Waals surface area contributed by atoms with Gasteiger partial charge in [0.05, 0.1) is 12.5 Å². The number of aryl methyl sites for hydroxylation is 1. The van der Waals surface area contributed by atoms with Gasteiger partial charge in [-0.15, -0.1) is 5.10 Å². The molecule has 0 aliphatic heterocycles. The number of rotatable bonds is 3. The van der Waals surface area contributed by atoms with Crippen LogP contribution in [0.2, 0.25) is 0 Å². The van der Waals surface area contributed by atoms with Gasteiger partial charge < -0.3 is 9.73 Å². The zero-order valence-corrected chi connectivity index (χ0v) is 7.97. The SMILES string of the molecule is Cc1occc1CNc1cnns1. The molecule has 2 rings (SSSR count). The molecule has 0 fully saturated rings. The van der Waals surface area contributed by atoms with Gasteiger partial charge in [-0.05, 0) is 13.0 Å². The van der Waals surface area contributed by atoms with E-state index in [9.17, 15) is 0 Å². The average molecular weight is 195 g/mol. The highest BCUT2D eigenvalue weighted by Crippen LogP contribution is 2.14. The molecule has 2 heterocycles. The molecule has 0 amide bonds. The third kappa shape index (κ3) is 1.86. The molecule has 0 spiro atoms. The third-order valence-corrected chi connectivity index (χ3v) is 2.40. The van der Waals surface area contributed by atoms with E-state index < -0.39 is 0 Å². The van der Waals surface area contributed by atoms with Gasteiger partial charge in [0.15, 0.2) is 0 Å². The molecule has 0 aliphatic rings. The first-order chi connectivity index (χ1) is 6.36. The van der Waals surface area contributed by atoms with E-state index in [-0.39, 0.29) is 0 Å². The summed E-state index contributed by atoms with van der Waals surface area (Å²) in [5.41, 5.74) is 1.16. The summed E-state index contributed by atoms with van der Waals surface area (Å²) in [5, 5.41) is 7.90. The van der Waals surface area contributed by atoms with Crippen molar-refractivity contribution in [3.05, 3.63) is 29.9 Å². The Kier molecular flexibility index (Phi) is 2.27. The van der Waals surface area contributed by atoms with Gasteiger partial charge in [-0.2, -0.15) is 0 Å². The molecule has 2 aromatic heterocycles. The molecule has 2 aromatic rings. The second kappa shape index (κ2) is 3.57. The van der Waals surface area contributed by atoms with Crippen molar-refractivity contribution in [1.82, 2.24) is 9.59 Å². The number of nitrogens with one attached hydrogen (secondary N) is 1. The Morgan fingerprint density at radius 1 is 1.62 bits per heavy atom. The summed E-state index contributed by atoms with van der Waals surface area (Å²) < 4.78 is 8.92. The molecule has 5 heteroatoms. The summed E-state index contributed by atoms with van der Waals surface area (Å²) >= 11 is 1.35. The predicted molar refractivity (Wildman–Crippen MR) is 50.7 cm³/mol. The van der Waals surface area contributed by atoms with E-state index in [4.69, 9.17) is 4.42 Å². The molecule has 0 bridgehead atoms. The molecule has 4 nitrogen and oxygen atoms in total. The lowest BCUT2D eigenvalue weighted by atomic mass is 10.2. The number of hydrogen-bond acceptors (Lipinski definition) is 5. The first-order valence-corrected chi connectivity index (χ1v) is 4.68. The molecule has 0 aromatic carbocycles. The monoisotopic (exact) mass is 195 g/mol. The second-order valence-electron chi connectivity index (χ2n) is 2.64. The predicted octanol–water partition coefficient (Wildman–Crippen LogP) is 2.05. The quantitative estimate of drug-likeness (QED) is 0.814.